The second-order valence-corrected chi connectivity index (χ2v) is 7.73. The average molecular weight is 336 g/mol. The van der Waals surface area contributed by atoms with E-state index in [-0.39, 0.29) is 5.56 Å². The van der Waals surface area contributed by atoms with Crippen molar-refractivity contribution in [3.8, 4) is 0 Å². The smallest absolute Gasteiger partial charge is 0.260 e. The van der Waals surface area contributed by atoms with E-state index in [9.17, 15) is 4.79 Å². The Hall–Kier alpha value is -2.20. The van der Waals surface area contributed by atoms with Crippen LogP contribution in [0.15, 0.2) is 29.1 Å². The van der Waals surface area contributed by atoms with E-state index in [1.54, 1.807) is 11.3 Å². The van der Waals surface area contributed by atoms with Crippen LogP contribution >= 0.6 is 11.3 Å². The summed E-state index contributed by atoms with van der Waals surface area (Å²) in [6, 6.07) is 8.49. The van der Waals surface area contributed by atoms with E-state index in [0.717, 1.165) is 35.0 Å². The van der Waals surface area contributed by atoms with Gasteiger partial charge in [-0.2, -0.15) is 0 Å². The normalized spacial score (nSPS) is 14.1. The summed E-state index contributed by atoms with van der Waals surface area (Å²) >= 11 is 1.68. The van der Waals surface area contributed by atoms with E-state index in [0.29, 0.717) is 11.7 Å². The lowest BCUT2D eigenvalue weighted by Crippen LogP contribution is -2.09. The number of H-pyrrole nitrogens is 1. The van der Waals surface area contributed by atoms with Gasteiger partial charge in [-0.3, -0.25) is 4.79 Å². The van der Waals surface area contributed by atoms with Crippen LogP contribution in [0.3, 0.4) is 0 Å². The van der Waals surface area contributed by atoms with Gasteiger partial charge in [-0.15, -0.1) is 11.3 Å². The first-order valence-electron chi connectivity index (χ1n) is 8.44. The van der Waals surface area contributed by atoms with Crippen LogP contribution in [0.25, 0.3) is 22.4 Å². The molecule has 4 rings (SSSR count). The second-order valence-electron chi connectivity index (χ2n) is 6.64. The number of nitrogens with one attached hydrogen (secondary N) is 1. The second kappa shape index (κ2) is 6.02. The minimum Gasteiger partial charge on any atom is -0.306 e. The standard InChI is InChI=1S/C20H20N2OS/c1-12(2)14-9-6-13(7-10-14)8-11-17-21-19(23)18-15-4-3-5-16(15)24-20(18)22-17/h6-12H,3-5H2,1-2H3,(H,21,22,23)/b11-8+. The molecule has 1 aromatic carbocycles. The predicted octanol–water partition coefficient (Wildman–Crippen LogP) is 4.77. The largest absolute Gasteiger partial charge is 0.306 e. The van der Waals surface area contributed by atoms with Crippen molar-refractivity contribution in [1.29, 1.82) is 0 Å². The molecule has 0 unspecified atom stereocenters. The topological polar surface area (TPSA) is 45.8 Å². The van der Waals surface area contributed by atoms with Crippen molar-refractivity contribution in [1.82, 2.24) is 9.97 Å². The number of rotatable bonds is 3. The predicted molar refractivity (Wildman–Crippen MR) is 102 cm³/mol. The molecule has 1 aliphatic carbocycles. The fourth-order valence-corrected chi connectivity index (χ4v) is 4.53. The van der Waals surface area contributed by atoms with Gasteiger partial charge in [0.05, 0.1) is 5.39 Å². The summed E-state index contributed by atoms with van der Waals surface area (Å²) in [4.78, 5) is 22.2. The molecule has 3 nitrogen and oxygen atoms in total. The molecule has 0 bridgehead atoms. The number of benzene rings is 1. The molecule has 3 aromatic rings. The van der Waals surface area contributed by atoms with Gasteiger partial charge in [0.25, 0.3) is 5.56 Å². The van der Waals surface area contributed by atoms with Crippen molar-refractivity contribution >= 4 is 33.7 Å². The van der Waals surface area contributed by atoms with E-state index in [1.165, 1.54) is 16.0 Å². The lowest BCUT2D eigenvalue weighted by molar-refractivity contribution is 0.866. The summed E-state index contributed by atoms with van der Waals surface area (Å²) < 4.78 is 0. The highest BCUT2D eigenvalue weighted by Crippen LogP contribution is 2.34. The van der Waals surface area contributed by atoms with E-state index < -0.39 is 0 Å². The average Bonchev–Trinajstić information content (AvgIpc) is 3.13. The van der Waals surface area contributed by atoms with Crippen molar-refractivity contribution in [3.05, 3.63) is 62.0 Å². The van der Waals surface area contributed by atoms with Gasteiger partial charge >= 0.3 is 0 Å². The van der Waals surface area contributed by atoms with Crippen LogP contribution in [0.5, 0.6) is 0 Å². The number of fused-ring (bicyclic) bond motifs is 3. The molecular weight excluding hydrogens is 316 g/mol. The molecule has 0 spiro atoms. The molecule has 0 saturated heterocycles. The van der Waals surface area contributed by atoms with Gasteiger partial charge in [-0.1, -0.05) is 44.2 Å². The van der Waals surface area contributed by atoms with Gasteiger partial charge in [0.1, 0.15) is 10.7 Å². The monoisotopic (exact) mass is 336 g/mol. The molecule has 122 valence electrons. The summed E-state index contributed by atoms with van der Waals surface area (Å²) in [5, 5.41) is 0.811. The molecular formula is C20H20N2OS. The first-order chi connectivity index (χ1) is 11.6. The fraction of sp³-hybridized carbons (Fsp3) is 0.300. The highest BCUT2D eigenvalue weighted by Gasteiger charge is 2.20. The molecule has 1 aliphatic rings. The van der Waals surface area contributed by atoms with Crippen LogP contribution in [0, 0.1) is 0 Å². The van der Waals surface area contributed by atoms with Crippen LogP contribution in [0.1, 0.15) is 53.6 Å². The maximum atomic E-state index is 12.4. The molecule has 0 atom stereocenters. The number of aromatic amines is 1. The highest BCUT2D eigenvalue weighted by molar-refractivity contribution is 7.18. The third kappa shape index (κ3) is 2.71. The maximum Gasteiger partial charge on any atom is 0.260 e. The van der Waals surface area contributed by atoms with Gasteiger partial charge < -0.3 is 4.98 Å². The Balaban J connectivity index is 1.66. The quantitative estimate of drug-likeness (QED) is 0.749. The Kier molecular flexibility index (Phi) is 3.85. The Morgan fingerprint density at radius 3 is 2.71 bits per heavy atom. The molecule has 0 amide bonds. The first kappa shape index (κ1) is 15.3. The zero-order valence-electron chi connectivity index (χ0n) is 13.9. The molecule has 2 heterocycles. The summed E-state index contributed by atoms with van der Waals surface area (Å²) in [6.07, 6.45) is 7.14. The van der Waals surface area contributed by atoms with Crippen molar-refractivity contribution in [2.75, 3.05) is 0 Å². The molecule has 0 saturated carbocycles. The van der Waals surface area contributed by atoms with Crippen molar-refractivity contribution < 1.29 is 0 Å². The van der Waals surface area contributed by atoms with Crippen LogP contribution in [-0.4, -0.2) is 9.97 Å². The van der Waals surface area contributed by atoms with Gasteiger partial charge in [0.2, 0.25) is 0 Å². The van der Waals surface area contributed by atoms with E-state index in [4.69, 9.17) is 0 Å². The highest BCUT2D eigenvalue weighted by atomic mass is 32.1. The number of hydrogen-bond acceptors (Lipinski definition) is 3. The van der Waals surface area contributed by atoms with Crippen LogP contribution < -0.4 is 5.56 Å². The van der Waals surface area contributed by atoms with E-state index >= 15 is 0 Å². The Morgan fingerprint density at radius 2 is 1.96 bits per heavy atom. The Bertz CT molecular complexity index is 977. The van der Waals surface area contributed by atoms with Crippen molar-refractivity contribution in [2.45, 2.75) is 39.0 Å². The summed E-state index contributed by atoms with van der Waals surface area (Å²) in [7, 11) is 0. The van der Waals surface area contributed by atoms with Crippen molar-refractivity contribution in [3.63, 3.8) is 0 Å². The van der Waals surface area contributed by atoms with Gasteiger partial charge in [-0.05, 0) is 47.9 Å². The molecule has 0 radical (unpaired) electrons. The van der Waals surface area contributed by atoms with Gasteiger partial charge in [0, 0.05) is 4.88 Å². The molecule has 0 fully saturated rings. The zero-order chi connectivity index (χ0) is 16.7. The fourth-order valence-electron chi connectivity index (χ4n) is 3.27. The molecule has 1 N–H and O–H groups in total. The lowest BCUT2D eigenvalue weighted by Gasteiger charge is -2.04. The summed E-state index contributed by atoms with van der Waals surface area (Å²) in [5.74, 6) is 1.16. The molecule has 4 heteroatoms. The number of thiophene rings is 1. The van der Waals surface area contributed by atoms with Gasteiger partial charge in [0.15, 0.2) is 0 Å². The van der Waals surface area contributed by atoms with Crippen LogP contribution in [0.4, 0.5) is 0 Å². The number of aryl methyl sites for hydroxylation is 2. The first-order valence-corrected chi connectivity index (χ1v) is 9.26. The van der Waals surface area contributed by atoms with E-state index in [1.807, 2.05) is 12.2 Å². The minimum atomic E-state index is -0.00537. The Labute approximate surface area is 145 Å². The third-order valence-electron chi connectivity index (χ3n) is 4.63. The summed E-state index contributed by atoms with van der Waals surface area (Å²) in [6.45, 7) is 4.38. The summed E-state index contributed by atoms with van der Waals surface area (Å²) in [5.41, 5.74) is 3.65. The molecule has 2 aromatic heterocycles. The number of hydrogen-bond donors (Lipinski definition) is 1. The Morgan fingerprint density at radius 1 is 1.17 bits per heavy atom. The SMILES string of the molecule is CC(C)c1ccc(/C=C/c2nc3sc4c(c3c(=O)[nH]2)CCC4)cc1. The number of nitrogens with zero attached hydrogens (tertiary/aromatic N) is 1. The molecule has 24 heavy (non-hydrogen) atoms. The zero-order valence-corrected chi connectivity index (χ0v) is 14.7. The number of aromatic nitrogens is 2. The van der Waals surface area contributed by atoms with Crippen LogP contribution in [0.2, 0.25) is 0 Å². The third-order valence-corrected chi connectivity index (χ3v) is 5.82. The van der Waals surface area contributed by atoms with Crippen LogP contribution in [-0.2, 0) is 12.8 Å². The molecule has 0 aliphatic heterocycles. The van der Waals surface area contributed by atoms with Crippen molar-refractivity contribution in [2.24, 2.45) is 0 Å². The minimum absolute atomic E-state index is 0.00537. The lowest BCUT2D eigenvalue weighted by atomic mass is 10.0. The van der Waals surface area contributed by atoms with Gasteiger partial charge in [-0.25, -0.2) is 4.98 Å². The van der Waals surface area contributed by atoms with E-state index in [2.05, 4.69) is 48.1 Å². The maximum absolute atomic E-state index is 12.4.